The number of fused-ring (bicyclic) bond motifs is 1. The van der Waals surface area contributed by atoms with E-state index in [1.54, 1.807) is 11.1 Å². The number of nitrogens with one attached hydrogen (secondary N) is 2. The van der Waals surface area contributed by atoms with Gasteiger partial charge >= 0.3 is 0 Å². The molecule has 1 fully saturated rings. The highest BCUT2D eigenvalue weighted by molar-refractivity contribution is 5.85. The van der Waals surface area contributed by atoms with Gasteiger partial charge in [0, 0.05) is 43.5 Å². The van der Waals surface area contributed by atoms with Crippen molar-refractivity contribution in [2.45, 2.75) is 45.3 Å². The fourth-order valence-electron chi connectivity index (χ4n) is 3.99. The second-order valence-electron chi connectivity index (χ2n) is 8.28. The lowest BCUT2D eigenvalue weighted by Crippen LogP contribution is -2.48. The summed E-state index contributed by atoms with van der Waals surface area (Å²) in [5.41, 5.74) is 7.17. The predicted octanol–water partition coefficient (Wildman–Crippen LogP) is 3.22. The van der Waals surface area contributed by atoms with Crippen LogP contribution in [0.15, 0.2) is 48.8 Å². The molecule has 6 nitrogen and oxygen atoms in total. The number of halogens is 2. The maximum absolute atomic E-state index is 13.7. The second-order valence-corrected chi connectivity index (χ2v) is 8.28. The maximum Gasteiger partial charge on any atom is 0.250 e. The molecule has 2 unspecified atom stereocenters. The Labute approximate surface area is 185 Å². The van der Waals surface area contributed by atoms with E-state index in [0.29, 0.717) is 6.42 Å². The van der Waals surface area contributed by atoms with E-state index < -0.39 is 11.6 Å². The van der Waals surface area contributed by atoms with Gasteiger partial charge < -0.3 is 15.2 Å². The SMILES string of the molecule is Cc1ccc(C2CC3C(=O)N(CCC(=O)NCc4ccc(F)cc4F)C=CN3N2)cc1C. The molecular formula is C24H26F2N4O2. The summed E-state index contributed by atoms with van der Waals surface area (Å²) < 4.78 is 26.7. The first-order chi connectivity index (χ1) is 15.3. The van der Waals surface area contributed by atoms with Crippen molar-refractivity contribution in [3.63, 3.8) is 0 Å². The number of aryl methyl sites for hydroxylation is 2. The first-order valence-corrected chi connectivity index (χ1v) is 10.6. The highest BCUT2D eigenvalue weighted by Gasteiger charge is 2.39. The van der Waals surface area contributed by atoms with Gasteiger partial charge in [-0.25, -0.2) is 14.2 Å². The molecule has 0 saturated carbocycles. The molecule has 168 valence electrons. The molecule has 2 aliphatic heterocycles. The number of hydrogen-bond donors (Lipinski definition) is 2. The van der Waals surface area contributed by atoms with E-state index in [-0.39, 0.29) is 49.0 Å². The molecule has 2 N–H and O–H groups in total. The summed E-state index contributed by atoms with van der Waals surface area (Å²) in [6, 6.07) is 9.26. The van der Waals surface area contributed by atoms with Crippen molar-refractivity contribution in [1.29, 1.82) is 0 Å². The van der Waals surface area contributed by atoms with Gasteiger partial charge in [0.25, 0.3) is 5.91 Å². The standard InChI is InChI=1S/C24H26F2N4O2/c1-15-3-4-17(11-16(15)2)21-13-22-24(32)29(9-10-30(22)28-21)8-7-23(31)27-14-18-5-6-19(25)12-20(18)26/h3-6,9-12,21-22,28H,7-8,13-14H2,1-2H3,(H,27,31). The van der Waals surface area contributed by atoms with Gasteiger partial charge in [-0.2, -0.15) is 0 Å². The first kappa shape index (κ1) is 22.0. The number of hydrogen-bond acceptors (Lipinski definition) is 4. The summed E-state index contributed by atoms with van der Waals surface area (Å²) in [5, 5.41) is 4.44. The molecule has 2 aromatic carbocycles. The van der Waals surface area contributed by atoms with Crippen LogP contribution in [0.4, 0.5) is 8.78 Å². The van der Waals surface area contributed by atoms with Crippen molar-refractivity contribution in [1.82, 2.24) is 20.7 Å². The number of benzene rings is 2. The van der Waals surface area contributed by atoms with Gasteiger partial charge in [-0.15, -0.1) is 0 Å². The van der Waals surface area contributed by atoms with Crippen LogP contribution < -0.4 is 10.7 Å². The molecule has 0 aromatic heterocycles. The molecule has 2 aromatic rings. The monoisotopic (exact) mass is 440 g/mol. The predicted molar refractivity (Wildman–Crippen MR) is 116 cm³/mol. The van der Waals surface area contributed by atoms with E-state index in [0.717, 1.165) is 17.7 Å². The minimum atomic E-state index is -0.702. The van der Waals surface area contributed by atoms with Gasteiger partial charge in [0.1, 0.15) is 17.7 Å². The van der Waals surface area contributed by atoms with Gasteiger partial charge in [0.2, 0.25) is 5.91 Å². The smallest absolute Gasteiger partial charge is 0.250 e. The van der Waals surface area contributed by atoms with Crippen LogP contribution in [0.3, 0.4) is 0 Å². The van der Waals surface area contributed by atoms with Gasteiger partial charge in [0.05, 0.1) is 6.04 Å². The molecule has 0 aliphatic carbocycles. The third kappa shape index (κ3) is 4.65. The van der Waals surface area contributed by atoms with E-state index >= 15 is 0 Å². The van der Waals surface area contributed by atoms with Gasteiger partial charge in [-0.05, 0) is 43.0 Å². The zero-order valence-corrected chi connectivity index (χ0v) is 18.1. The van der Waals surface area contributed by atoms with E-state index in [2.05, 4.69) is 42.8 Å². The summed E-state index contributed by atoms with van der Waals surface area (Å²) in [6.07, 6.45) is 4.21. The topological polar surface area (TPSA) is 64.7 Å². The molecule has 32 heavy (non-hydrogen) atoms. The Morgan fingerprint density at radius 1 is 1.12 bits per heavy atom. The van der Waals surface area contributed by atoms with Gasteiger partial charge in [-0.1, -0.05) is 24.3 Å². The number of hydrazine groups is 1. The van der Waals surface area contributed by atoms with Crippen molar-refractivity contribution in [3.05, 3.63) is 82.7 Å². The van der Waals surface area contributed by atoms with E-state index in [1.807, 2.05) is 11.2 Å². The third-order valence-electron chi connectivity index (χ3n) is 6.08. The minimum absolute atomic E-state index is 0.0350. The van der Waals surface area contributed by atoms with E-state index in [9.17, 15) is 18.4 Å². The highest BCUT2D eigenvalue weighted by Crippen LogP contribution is 2.31. The van der Waals surface area contributed by atoms with Crippen LogP contribution in [-0.4, -0.2) is 34.3 Å². The molecule has 0 spiro atoms. The molecule has 1 saturated heterocycles. The van der Waals surface area contributed by atoms with Crippen LogP contribution in [0.5, 0.6) is 0 Å². The normalized spacial score (nSPS) is 19.9. The molecule has 0 radical (unpaired) electrons. The molecule has 2 heterocycles. The Morgan fingerprint density at radius 2 is 1.94 bits per heavy atom. The van der Waals surface area contributed by atoms with Crippen LogP contribution in [0, 0.1) is 25.5 Å². The van der Waals surface area contributed by atoms with Crippen molar-refractivity contribution in [2.24, 2.45) is 0 Å². The number of carbonyl (C=O) groups excluding carboxylic acids is 2. The summed E-state index contributed by atoms with van der Waals surface area (Å²) in [7, 11) is 0. The third-order valence-corrected chi connectivity index (χ3v) is 6.08. The fourth-order valence-corrected chi connectivity index (χ4v) is 3.99. The zero-order valence-electron chi connectivity index (χ0n) is 18.1. The summed E-state index contributed by atoms with van der Waals surface area (Å²) >= 11 is 0. The van der Waals surface area contributed by atoms with Gasteiger partial charge in [0.15, 0.2) is 0 Å². The van der Waals surface area contributed by atoms with Crippen LogP contribution in [0.25, 0.3) is 0 Å². The minimum Gasteiger partial charge on any atom is -0.352 e. The van der Waals surface area contributed by atoms with E-state index in [1.165, 1.54) is 17.2 Å². The van der Waals surface area contributed by atoms with Crippen LogP contribution in [0.1, 0.15) is 41.1 Å². The number of carbonyl (C=O) groups is 2. The molecule has 8 heteroatoms. The molecule has 2 aliphatic rings. The number of nitrogens with zero attached hydrogens (tertiary/aromatic N) is 2. The molecule has 2 atom stereocenters. The quantitative estimate of drug-likeness (QED) is 0.724. The summed E-state index contributed by atoms with van der Waals surface area (Å²) in [5.74, 6) is -1.74. The average molecular weight is 440 g/mol. The van der Waals surface area contributed by atoms with Crippen molar-refractivity contribution < 1.29 is 18.4 Å². The largest absolute Gasteiger partial charge is 0.352 e. The van der Waals surface area contributed by atoms with Gasteiger partial charge in [-0.3, -0.25) is 9.59 Å². The highest BCUT2D eigenvalue weighted by atomic mass is 19.1. The maximum atomic E-state index is 13.7. The lowest BCUT2D eigenvalue weighted by Gasteiger charge is -2.31. The molecule has 0 bridgehead atoms. The second kappa shape index (κ2) is 9.08. The lowest BCUT2D eigenvalue weighted by molar-refractivity contribution is -0.134. The van der Waals surface area contributed by atoms with E-state index in [4.69, 9.17) is 0 Å². The van der Waals surface area contributed by atoms with Crippen LogP contribution in [-0.2, 0) is 16.1 Å². The Hall–Kier alpha value is -3.26. The number of amides is 2. The Bertz CT molecular complexity index is 1070. The van der Waals surface area contributed by atoms with Crippen LogP contribution >= 0.6 is 0 Å². The Kier molecular flexibility index (Phi) is 6.23. The Morgan fingerprint density at radius 3 is 2.69 bits per heavy atom. The van der Waals surface area contributed by atoms with Crippen molar-refractivity contribution in [3.8, 4) is 0 Å². The lowest BCUT2D eigenvalue weighted by atomic mass is 9.97. The Balaban J connectivity index is 1.30. The summed E-state index contributed by atoms with van der Waals surface area (Å²) in [6.45, 7) is 4.34. The molecular weight excluding hydrogens is 414 g/mol. The van der Waals surface area contributed by atoms with Crippen LogP contribution in [0.2, 0.25) is 0 Å². The average Bonchev–Trinajstić information content (AvgIpc) is 3.20. The summed E-state index contributed by atoms with van der Waals surface area (Å²) in [4.78, 5) is 26.7. The molecule has 2 amide bonds. The zero-order chi connectivity index (χ0) is 22.8. The molecule has 4 rings (SSSR count). The first-order valence-electron chi connectivity index (χ1n) is 10.6. The van der Waals surface area contributed by atoms with Crippen molar-refractivity contribution in [2.75, 3.05) is 6.54 Å². The van der Waals surface area contributed by atoms with Crippen molar-refractivity contribution >= 4 is 11.8 Å². The number of rotatable bonds is 6. The fraction of sp³-hybridized carbons (Fsp3) is 0.333.